The maximum Gasteiger partial charge on any atom is 0.253 e. The Morgan fingerprint density at radius 1 is 1.00 bits per heavy atom. The molecule has 0 fully saturated rings. The predicted octanol–water partition coefficient (Wildman–Crippen LogP) is 2.48. The zero-order valence-electron chi connectivity index (χ0n) is 14.0. The molecule has 128 valence electrons. The van der Waals surface area contributed by atoms with Crippen molar-refractivity contribution in [2.75, 3.05) is 14.2 Å². The van der Waals surface area contributed by atoms with Crippen LogP contribution in [0.15, 0.2) is 53.3 Å². The maximum absolute atomic E-state index is 12.2. The lowest BCUT2D eigenvalue weighted by molar-refractivity contribution is 0.0951. The quantitative estimate of drug-likeness (QED) is 0.749. The first-order valence-corrected chi connectivity index (χ1v) is 7.73. The Hall–Kier alpha value is -3.28. The first kappa shape index (κ1) is 16.6. The molecule has 0 saturated heterocycles. The summed E-state index contributed by atoms with van der Waals surface area (Å²) in [7, 11) is 3.15. The van der Waals surface area contributed by atoms with Gasteiger partial charge in [-0.15, -0.1) is 0 Å². The van der Waals surface area contributed by atoms with Gasteiger partial charge in [0.05, 0.1) is 14.2 Å². The van der Waals surface area contributed by atoms with Gasteiger partial charge in [-0.2, -0.15) is 0 Å². The van der Waals surface area contributed by atoms with Gasteiger partial charge in [0, 0.05) is 28.6 Å². The minimum absolute atomic E-state index is 0.132. The van der Waals surface area contributed by atoms with Gasteiger partial charge in [-0.1, -0.05) is 0 Å². The number of aromatic nitrogens is 1. The minimum Gasteiger partial charge on any atom is -0.497 e. The van der Waals surface area contributed by atoms with Gasteiger partial charge in [-0.3, -0.25) is 9.59 Å². The summed E-state index contributed by atoms with van der Waals surface area (Å²) in [5.74, 6) is 1.12. The van der Waals surface area contributed by atoms with Crippen LogP contribution in [0, 0.1) is 0 Å². The van der Waals surface area contributed by atoms with Crippen LogP contribution in [0.3, 0.4) is 0 Å². The first-order chi connectivity index (χ1) is 12.1. The number of nitrogens with one attached hydrogen (secondary N) is 2. The highest BCUT2D eigenvalue weighted by atomic mass is 16.5. The van der Waals surface area contributed by atoms with Gasteiger partial charge in [-0.05, 0) is 48.5 Å². The van der Waals surface area contributed by atoms with Crippen molar-refractivity contribution in [3.05, 3.63) is 70.0 Å². The number of benzene rings is 2. The number of rotatable bonds is 5. The molecule has 0 aliphatic carbocycles. The van der Waals surface area contributed by atoms with Gasteiger partial charge in [0.1, 0.15) is 11.5 Å². The van der Waals surface area contributed by atoms with E-state index >= 15 is 0 Å². The maximum atomic E-state index is 12.2. The number of pyridine rings is 1. The fourth-order valence-corrected chi connectivity index (χ4v) is 2.51. The predicted molar refractivity (Wildman–Crippen MR) is 95.3 cm³/mol. The molecule has 1 amide bonds. The van der Waals surface area contributed by atoms with Crippen LogP contribution in [0.5, 0.6) is 11.5 Å². The zero-order valence-corrected chi connectivity index (χ0v) is 14.0. The van der Waals surface area contributed by atoms with E-state index in [9.17, 15) is 9.59 Å². The molecule has 0 aliphatic heterocycles. The van der Waals surface area contributed by atoms with E-state index in [0.29, 0.717) is 22.6 Å². The molecule has 3 rings (SSSR count). The molecular formula is C19H18N2O4. The summed E-state index contributed by atoms with van der Waals surface area (Å²) < 4.78 is 10.3. The molecule has 6 nitrogen and oxygen atoms in total. The molecule has 0 aliphatic rings. The average molecular weight is 338 g/mol. The number of fused-ring (bicyclic) bond motifs is 1. The van der Waals surface area contributed by atoms with Gasteiger partial charge in [0.15, 0.2) is 0 Å². The molecule has 2 aromatic carbocycles. The monoisotopic (exact) mass is 338 g/mol. The number of methoxy groups -OCH3 is 2. The Bertz CT molecular complexity index is 961. The normalized spacial score (nSPS) is 10.5. The summed E-state index contributed by atoms with van der Waals surface area (Å²) in [5.41, 5.74) is 1.46. The number of hydrogen-bond acceptors (Lipinski definition) is 4. The molecule has 1 aromatic heterocycles. The van der Waals surface area contributed by atoms with Gasteiger partial charge >= 0.3 is 0 Å². The van der Waals surface area contributed by atoms with Crippen LogP contribution in [-0.4, -0.2) is 25.1 Å². The van der Waals surface area contributed by atoms with Crippen molar-refractivity contribution in [2.24, 2.45) is 0 Å². The van der Waals surface area contributed by atoms with Crippen molar-refractivity contribution in [3.63, 3.8) is 0 Å². The highest BCUT2D eigenvalue weighted by Crippen LogP contribution is 2.18. The smallest absolute Gasteiger partial charge is 0.253 e. The van der Waals surface area contributed by atoms with E-state index in [2.05, 4.69) is 10.3 Å². The van der Waals surface area contributed by atoms with Gasteiger partial charge in [0.25, 0.3) is 11.5 Å². The number of hydrogen-bond donors (Lipinski definition) is 2. The average Bonchev–Trinajstić information content (AvgIpc) is 2.65. The highest BCUT2D eigenvalue weighted by molar-refractivity contribution is 5.94. The molecule has 0 spiro atoms. The molecule has 0 saturated carbocycles. The van der Waals surface area contributed by atoms with Crippen LogP contribution in [-0.2, 0) is 6.54 Å². The Kier molecular flexibility index (Phi) is 4.70. The van der Waals surface area contributed by atoms with Crippen molar-refractivity contribution in [1.82, 2.24) is 10.3 Å². The Balaban J connectivity index is 1.78. The van der Waals surface area contributed by atoms with Crippen molar-refractivity contribution in [1.29, 1.82) is 0 Å². The summed E-state index contributed by atoms with van der Waals surface area (Å²) in [6.45, 7) is 0.132. The van der Waals surface area contributed by atoms with E-state index in [1.807, 2.05) is 6.07 Å². The lowest BCUT2D eigenvalue weighted by Gasteiger charge is -2.08. The summed E-state index contributed by atoms with van der Waals surface area (Å²) >= 11 is 0. The van der Waals surface area contributed by atoms with Crippen LogP contribution >= 0.6 is 0 Å². The number of H-pyrrole nitrogens is 1. The van der Waals surface area contributed by atoms with E-state index < -0.39 is 0 Å². The molecule has 2 N–H and O–H groups in total. The molecule has 0 radical (unpaired) electrons. The summed E-state index contributed by atoms with van der Waals surface area (Å²) in [6.07, 6.45) is 0. The van der Waals surface area contributed by atoms with Crippen LogP contribution in [0.1, 0.15) is 15.9 Å². The van der Waals surface area contributed by atoms with Crippen molar-refractivity contribution in [3.8, 4) is 11.5 Å². The number of carbonyl (C=O) groups is 1. The van der Waals surface area contributed by atoms with E-state index in [1.165, 1.54) is 0 Å². The molecular weight excluding hydrogens is 320 g/mol. The summed E-state index contributed by atoms with van der Waals surface area (Å²) in [5, 5.41) is 3.60. The molecule has 25 heavy (non-hydrogen) atoms. The van der Waals surface area contributed by atoms with Gasteiger partial charge in [0.2, 0.25) is 0 Å². The SMILES string of the molecule is COc1ccc(C(=O)NCc2cc3cc(OC)ccc3[nH]c2=O)cc1. The van der Waals surface area contributed by atoms with Crippen LogP contribution in [0.2, 0.25) is 0 Å². The second kappa shape index (κ2) is 7.09. The van der Waals surface area contributed by atoms with E-state index in [-0.39, 0.29) is 18.0 Å². The lowest BCUT2D eigenvalue weighted by atomic mass is 10.1. The Labute approximate surface area is 144 Å². The van der Waals surface area contributed by atoms with Gasteiger partial charge < -0.3 is 19.8 Å². The van der Waals surface area contributed by atoms with Gasteiger partial charge in [-0.25, -0.2) is 0 Å². The number of carbonyl (C=O) groups excluding carboxylic acids is 1. The number of ether oxygens (including phenoxy) is 2. The minimum atomic E-state index is -0.257. The zero-order chi connectivity index (χ0) is 17.8. The Morgan fingerprint density at radius 3 is 2.36 bits per heavy atom. The molecule has 0 atom stereocenters. The lowest BCUT2D eigenvalue weighted by Crippen LogP contribution is -2.26. The van der Waals surface area contributed by atoms with Crippen molar-refractivity contribution in [2.45, 2.75) is 6.54 Å². The van der Waals surface area contributed by atoms with Crippen LogP contribution in [0.25, 0.3) is 10.9 Å². The second-order valence-corrected chi connectivity index (χ2v) is 5.49. The molecule has 0 bridgehead atoms. The summed E-state index contributed by atoms with van der Waals surface area (Å²) in [6, 6.07) is 13.9. The van der Waals surface area contributed by atoms with Crippen LogP contribution in [0.4, 0.5) is 0 Å². The van der Waals surface area contributed by atoms with E-state index in [4.69, 9.17) is 9.47 Å². The van der Waals surface area contributed by atoms with Crippen LogP contribution < -0.4 is 20.3 Å². The highest BCUT2D eigenvalue weighted by Gasteiger charge is 2.08. The molecule has 6 heteroatoms. The third-order valence-electron chi connectivity index (χ3n) is 3.92. The molecule has 0 unspecified atom stereocenters. The number of amides is 1. The third kappa shape index (κ3) is 3.63. The molecule has 3 aromatic rings. The Morgan fingerprint density at radius 2 is 1.68 bits per heavy atom. The third-order valence-corrected chi connectivity index (χ3v) is 3.92. The van der Waals surface area contributed by atoms with Crippen molar-refractivity contribution >= 4 is 16.8 Å². The van der Waals surface area contributed by atoms with E-state index in [0.717, 1.165) is 10.9 Å². The molecule has 1 heterocycles. The summed E-state index contributed by atoms with van der Waals surface area (Å²) in [4.78, 5) is 27.2. The second-order valence-electron chi connectivity index (χ2n) is 5.49. The topological polar surface area (TPSA) is 80.4 Å². The fraction of sp³-hybridized carbons (Fsp3) is 0.158. The standard InChI is InChI=1S/C19H18N2O4/c1-24-15-5-3-12(4-6-15)18(22)20-11-14-9-13-10-16(25-2)7-8-17(13)21-19(14)23/h3-10H,11H2,1-2H3,(H,20,22)(H,21,23). The van der Waals surface area contributed by atoms with Crippen molar-refractivity contribution < 1.29 is 14.3 Å². The fourth-order valence-electron chi connectivity index (χ4n) is 2.51. The number of aromatic amines is 1. The first-order valence-electron chi connectivity index (χ1n) is 7.73. The van der Waals surface area contributed by atoms with E-state index in [1.54, 1.807) is 56.7 Å². The largest absolute Gasteiger partial charge is 0.497 e.